The molecule has 0 spiro atoms. The first-order valence-electron chi connectivity index (χ1n) is 12.0. The predicted molar refractivity (Wildman–Crippen MR) is 132 cm³/mol. The molecule has 34 heavy (non-hydrogen) atoms. The summed E-state index contributed by atoms with van der Waals surface area (Å²) < 4.78 is 1.42. The summed E-state index contributed by atoms with van der Waals surface area (Å²) in [5.41, 5.74) is 1.11. The number of pyridine rings is 1. The van der Waals surface area contributed by atoms with Gasteiger partial charge in [-0.1, -0.05) is 44.0 Å². The van der Waals surface area contributed by atoms with E-state index < -0.39 is 0 Å². The van der Waals surface area contributed by atoms with Crippen molar-refractivity contribution in [1.82, 2.24) is 19.7 Å². The molecular formula is C26H31N5O3. The molecule has 0 aliphatic carbocycles. The molecule has 2 amide bonds. The molecule has 0 radical (unpaired) electrons. The van der Waals surface area contributed by atoms with Crippen LogP contribution in [0.4, 0.5) is 5.82 Å². The number of carbonyl (C=O) groups is 2. The molecule has 1 N–H and O–H groups in total. The molecule has 2 aromatic heterocycles. The van der Waals surface area contributed by atoms with Crippen LogP contribution in [0.1, 0.15) is 55.1 Å². The van der Waals surface area contributed by atoms with Crippen molar-refractivity contribution in [2.75, 3.05) is 18.4 Å². The molecule has 1 aliphatic heterocycles. The number of hydrogen-bond donors (Lipinski definition) is 1. The lowest BCUT2D eigenvalue weighted by molar-refractivity contribution is -0.121. The van der Waals surface area contributed by atoms with Crippen LogP contribution in [0, 0.1) is 12.8 Å². The van der Waals surface area contributed by atoms with E-state index in [9.17, 15) is 14.4 Å². The Labute approximate surface area is 199 Å². The number of aryl methyl sites for hydroxylation is 2. The van der Waals surface area contributed by atoms with Crippen molar-refractivity contribution in [3.63, 3.8) is 0 Å². The van der Waals surface area contributed by atoms with E-state index in [1.54, 1.807) is 35.4 Å². The number of benzene rings is 1. The number of unbranched alkanes of at least 4 members (excludes halogenated alkanes) is 2. The van der Waals surface area contributed by atoms with E-state index in [-0.39, 0.29) is 29.0 Å². The first kappa shape index (κ1) is 23.6. The average Bonchev–Trinajstić information content (AvgIpc) is 2.86. The summed E-state index contributed by atoms with van der Waals surface area (Å²) in [5.74, 6) is -0.212. The van der Waals surface area contributed by atoms with Gasteiger partial charge in [0.05, 0.1) is 11.3 Å². The van der Waals surface area contributed by atoms with Crippen LogP contribution >= 0.6 is 0 Å². The zero-order valence-electron chi connectivity index (χ0n) is 19.8. The Kier molecular flexibility index (Phi) is 7.35. The minimum Gasteiger partial charge on any atom is -0.336 e. The second-order valence-electron chi connectivity index (χ2n) is 8.93. The van der Waals surface area contributed by atoms with Gasteiger partial charge >= 0.3 is 0 Å². The molecule has 1 saturated heterocycles. The summed E-state index contributed by atoms with van der Waals surface area (Å²) in [4.78, 5) is 45.3. The largest absolute Gasteiger partial charge is 0.336 e. The Morgan fingerprint density at radius 3 is 2.65 bits per heavy atom. The number of aromatic nitrogens is 3. The van der Waals surface area contributed by atoms with Gasteiger partial charge < -0.3 is 10.2 Å². The smallest absolute Gasteiger partial charge is 0.274 e. The number of hydrogen-bond acceptors (Lipinski definition) is 5. The molecular weight excluding hydrogens is 430 g/mol. The van der Waals surface area contributed by atoms with E-state index in [4.69, 9.17) is 0 Å². The molecule has 3 heterocycles. The molecule has 3 aromatic rings. The van der Waals surface area contributed by atoms with E-state index in [0.29, 0.717) is 42.6 Å². The molecule has 0 saturated carbocycles. The number of piperidine rings is 1. The van der Waals surface area contributed by atoms with Crippen LogP contribution in [0.3, 0.4) is 0 Å². The van der Waals surface area contributed by atoms with Crippen molar-refractivity contribution in [3.05, 3.63) is 64.2 Å². The second-order valence-corrected chi connectivity index (χ2v) is 8.93. The van der Waals surface area contributed by atoms with Gasteiger partial charge in [0.25, 0.3) is 11.5 Å². The summed E-state index contributed by atoms with van der Waals surface area (Å²) in [7, 11) is 0. The predicted octanol–water partition coefficient (Wildman–Crippen LogP) is 3.78. The van der Waals surface area contributed by atoms with Crippen LogP contribution in [0.15, 0.2) is 47.4 Å². The highest BCUT2D eigenvalue weighted by Gasteiger charge is 2.31. The monoisotopic (exact) mass is 461 g/mol. The van der Waals surface area contributed by atoms with Crippen molar-refractivity contribution in [2.24, 2.45) is 5.92 Å². The molecule has 8 nitrogen and oxygen atoms in total. The maximum absolute atomic E-state index is 13.6. The van der Waals surface area contributed by atoms with E-state index in [1.807, 2.05) is 19.1 Å². The highest BCUT2D eigenvalue weighted by molar-refractivity contribution is 6.05. The number of likely N-dealkylation sites (tertiary alicyclic amines) is 1. The van der Waals surface area contributed by atoms with Crippen molar-refractivity contribution in [1.29, 1.82) is 0 Å². The number of rotatable bonds is 7. The topological polar surface area (TPSA) is 97.2 Å². The molecule has 1 unspecified atom stereocenters. The van der Waals surface area contributed by atoms with Crippen LogP contribution in [0.5, 0.6) is 0 Å². The molecule has 1 aromatic carbocycles. The van der Waals surface area contributed by atoms with Gasteiger partial charge in [-0.05, 0) is 43.9 Å². The van der Waals surface area contributed by atoms with Gasteiger partial charge in [-0.25, -0.2) is 9.67 Å². The lowest BCUT2D eigenvalue weighted by Crippen LogP contribution is -2.44. The van der Waals surface area contributed by atoms with Gasteiger partial charge in [0.1, 0.15) is 5.82 Å². The number of carbonyl (C=O) groups excluding carboxylic acids is 2. The van der Waals surface area contributed by atoms with Crippen LogP contribution in [-0.2, 0) is 11.3 Å². The zero-order valence-corrected chi connectivity index (χ0v) is 19.8. The van der Waals surface area contributed by atoms with Gasteiger partial charge in [-0.15, -0.1) is 0 Å². The van der Waals surface area contributed by atoms with Gasteiger partial charge in [0.2, 0.25) is 5.91 Å². The molecule has 1 atom stereocenters. The standard InChI is InChI=1S/C26H31N5O3/c1-3-4-7-15-31-25(33)21-11-6-5-10-20(21)23(29-31)26(34)30-14-8-9-19(17-30)24(32)28-22-13-12-18(2)16-27-22/h5-6,10-13,16,19H,3-4,7-9,14-15,17H2,1-2H3,(H,27,28,32). The second kappa shape index (κ2) is 10.6. The van der Waals surface area contributed by atoms with Crippen molar-refractivity contribution in [2.45, 2.75) is 52.5 Å². The number of fused-ring (bicyclic) bond motifs is 1. The lowest BCUT2D eigenvalue weighted by Gasteiger charge is -2.32. The molecule has 0 bridgehead atoms. The van der Waals surface area contributed by atoms with E-state index in [1.165, 1.54) is 4.68 Å². The fourth-order valence-electron chi connectivity index (χ4n) is 4.35. The summed E-state index contributed by atoms with van der Waals surface area (Å²) in [6, 6.07) is 10.8. The summed E-state index contributed by atoms with van der Waals surface area (Å²) in [6.07, 6.45) is 5.98. The Morgan fingerprint density at radius 1 is 1.12 bits per heavy atom. The van der Waals surface area contributed by atoms with Gasteiger partial charge in [0.15, 0.2) is 5.69 Å². The van der Waals surface area contributed by atoms with E-state index in [2.05, 4.69) is 22.3 Å². The fraction of sp³-hybridized carbons (Fsp3) is 0.423. The third-order valence-electron chi connectivity index (χ3n) is 6.29. The zero-order chi connectivity index (χ0) is 24.1. The normalized spacial score (nSPS) is 15.9. The Balaban J connectivity index is 1.56. The highest BCUT2D eigenvalue weighted by Crippen LogP contribution is 2.22. The molecule has 4 rings (SSSR count). The van der Waals surface area contributed by atoms with Crippen molar-refractivity contribution in [3.8, 4) is 0 Å². The third kappa shape index (κ3) is 5.16. The Morgan fingerprint density at radius 2 is 1.91 bits per heavy atom. The SMILES string of the molecule is CCCCCn1nc(C(=O)N2CCCC(C(=O)Nc3ccc(C)cn3)C2)c2ccccc2c1=O. The van der Waals surface area contributed by atoms with Gasteiger partial charge in [-0.2, -0.15) is 5.10 Å². The summed E-state index contributed by atoms with van der Waals surface area (Å²) in [5, 5.41) is 8.41. The van der Waals surface area contributed by atoms with Crippen LogP contribution in [0.25, 0.3) is 10.8 Å². The summed E-state index contributed by atoms with van der Waals surface area (Å²) in [6.45, 7) is 5.38. The quantitative estimate of drug-likeness (QED) is 0.540. The lowest BCUT2D eigenvalue weighted by atomic mass is 9.96. The van der Waals surface area contributed by atoms with Crippen LogP contribution in [-0.4, -0.2) is 44.6 Å². The van der Waals surface area contributed by atoms with E-state index >= 15 is 0 Å². The molecule has 1 fully saturated rings. The minimum atomic E-state index is -0.331. The molecule has 178 valence electrons. The number of nitrogens with one attached hydrogen (secondary N) is 1. The highest BCUT2D eigenvalue weighted by atomic mass is 16.2. The molecule has 8 heteroatoms. The minimum absolute atomic E-state index is 0.142. The number of anilines is 1. The first-order chi connectivity index (χ1) is 16.5. The first-order valence-corrected chi connectivity index (χ1v) is 12.0. The van der Waals surface area contributed by atoms with Crippen LogP contribution < -0.4 is 10.9 Å². The average molecular weight is 462 g/mol. The summed E-state index contributed by atoms with van der Waals surface area (Å²) >= 11 is 0. The van der Waals surface area contributed by atoms with Crippen molar-refractivity contribution >= 4 is 28.4 Å². The van der Waals surface area contributed by atoms with Gasteiger partial charge in [-0.3, -0.25) is 14.4 Å². The number of nitrogens with zero attached hydrogens (tertiary/aromatic N) is 4. The Hall–Kier alpha value is -3.55. The molecule has 1 aliphatic rings. The Bertz CT molecular complexity index is 1240. The van der Waals surface area contributed by atoms with Crippen LogP contribution in [0.2, 0.25) is 0 Å². The van der Waals surface area contributed by atoms with Crippen molar-refractivity contribution < 1.29 is 9.59 Å². The van der Waals surface area contributed by atoms with Gasteiger partial charge in [0, 0.05) is 31.2 Å². The third-order valence-corrected chi connectivity index (χ3v) is 6.29. The van der Waals surface area contributed by atoms with E-state index in [0.717, 1.165) is 31.2 Å². The fourth-order valence-corrected chi connectivity index (χ4v) is 4.35. The maximum atomic E-state index is 13.6. The number of amides is 2. The maximum Gasteiger partial charge on any atom is 0.274 e.